The maximum Gasteiger partial charge on any atom is 0.264 e. The molecule has 2 heterocycles. The first kappa shape index (κ1) is 21.0. The highest BCUT2D eigenvalue weighted by Crippen LogP contribution is 2.24. The Kier molecular flexibility index (Phi) is 5.55. The summed E-state index contributed by atoms with van der Waals surface area (Å²) in [7, 11) is 0. The highest BCUT2D eigenvalue weighted by atomic mass is 16.2. The maximum atomic E-state index is 12.8. The number of anilines is 2. The van der Waals surface area contributed by atoms with Crippen LogP contribution in [0.5, 0.6) is 0 Å². The second-order valence-corrected chi connectivity index (χ2v) is 8.02. The fourth-order valence-electron chi connectivity index (χ4n) is 2.66. The quantitative estimate of drug-likeness (QED) is 0.613. The molecule has 0 aliphatic rings. The Labute approximate surface area is 173 Å². The molecular weight excluding hydrogens is 384 g/mol. The number of aromatic nitrogens is 4. The van der Waals surface area contributed by atoms with Crippen LogP contribution in [-0.4, -0.2) is 31.8 Å². The number of aromatic amines is 1. The summed E-state index contributed by atoms with van der Waals surface area (Å²) in [5, 5.41) is 16.2. The fraction of sp³-hybridized carbons (Fsp3) is 0.286. The number of benzene rings is 1. The summed E-state index contributed by atoms with van der Waals surface area (Å²) < 4.78 is 1.47. The van der Waals surface area contributed by atoms with Gasteiger partial charge in [0.2, 0.25) is 5.91 Å². The van der Waals surface area contributed by atoms with Gasteiger partial charge in [0.15, 0.2) is 5.82 Å². The summed E-state index contributed by atoms with van der Waals surface area (Å²) in [6.07, 6.45) is 1.44. The van der Waals surface area contributed by atoms with Crippen LogP contribution in [0.25, 0.3) is 5.82 Å². The van der Waals surface area contributed by atoms with Gasteiger partial charge in [-0.25, -0.2) is 9.78 Å². The van der Waals surface area contributed by atoms with Crippen LogP contribution in [0.3, 0.4) is 0 Å². The molecule has 2 aromatic heterocycles. The summed E-state index contributed by atoms with van der Waals surface area (Å²) in [5.41, 5.74) is 2.12. The molecule has 0 aliphatic heterocycles. The molecule has 0 unspecified atom stereocenters. The molecule has 0 aliphatic carbocycles. The number of hydrogen-bond donors (Lipinski definition) is 3. The molecule has 30 heavy (non-hydrogen) atoms. The lowest BCUT2D eigenvalue weighted by atomic mass is 9.95. The van der Waals surface area contributed by atoms with Gasteiger partial charge in [-0.2, -0.15) is 10.2 Å². The number of aryl methyl sites for hydroxylation is 1. The number of amides is 2. The van der Waals surface area contributed by atoms with Crippen LogP contribution in [0, 0.1) is 19.3 Å². The first-order valence-electron chi connectivity index (χ1n) is 9.40. The maximum absolute atomic E-state index is 12.8. The number of rotatable bonds is 4. The van der Waals surface area contributed by atoms with Gasteiger partial charge in [0.05, 0.1) is 17.5 Å². The number of carbonyl (C=O) groups is 2. The second-order valence-electron chi connectivity index (χ2n) is 8.02. The zero-order valence-electron chi connectivity index (χ0n) is 17.5. The van der Waals surface area contributed by atoms with Gasteiger partial charge in [0.1, 0.15) is 0 Å². The number of nitrogens with zero attached hydrogens (tertiary/aromatic N) is 3. The highest BCUT2D eigenvalue weighted by molar-refractivity contribution is 6.06. The van der Waals surface area contributed by atoms with Crippen LogP contribution in [0.4, 0.5) is 11.4 Å². The highest BCUT2D eigenvalue weighted by Gasteiger charge is 2.22. The molecule has 0 atom stereocenters. The van der Waals surface area contributed by atoms with Crippen LogP contribution in [0.1, 0.15) is 42.4 Å². The van der Waals surface area contributed by atoms with Gasteiger partial charge in [-0.3, -0.25) is 14.4 Å². The molecule has 3 rings (SSSR count). The molecule has 9 heteroatoms. The first-order valence-corrected chi connectivity index (χ1v) is 9.40. The average molecular weight is 408 g/mol. The van der Waals surface area contributed by atoms with Gasteiger partial charge in [-0.15, -0.1) is 0 Å². The SMILES string of the molecule is Cc1ccc(NC(=O)C(C)(C)C)cc1NC(=O)c1cnn(-c2ccc(=O)[nH]n2)c1C. The summed E-state index contributed by atoms with van der Waals surface area (Å²) in [6.45, 7) is 9.09. The molecule has 1 aromatic carbocycles. The average Bonchev–Trinajstić information content (AvgIpc) is 3.06. The van der Waals surface area contributed by atoms with Crippen LogP contribution in [0.15, 0.2) is 41.3 Å². The Morgan fingerprint density at radius 3 is 2.43 bits per heavy atom. The smallest absolute Gasteiger partial charge is 0.264 e. The largest absolute Gasteiger partial charge is 0.326 e. The Balaban J connectivity index is 1.83. The predicted molar refractivity (Wildman–Crippen MR) is 114 cm³/mol. The Morgan fingerprint density at radius 1 is 1.07 bits per heavy atom. The standard InChI is InChI=1S/C21H24N6O3/c1-12-6-7-14(23-20(30)21(3,4)5)10-16(12)24-19(29)15-11-22-27(13(15)2)17-8-9-18(28)26-25-17/h6-11H,1-5H3,(H,23,30)(H,24,29)(H,26,28). The van der Waals surface area contributed by atoms with Gasteiger partial charge in [0, 0.05) is 22.9 Å². The van der Waals surface area contributed by atoms with Crippen LogP contribution >= 0.6 is 0 Å². The minimum Gasteiger partial charge on any atom is -0.326 e. The van der Waals surface area contributed by atoms with Crippen molar-refractivity contribution in [3.05, 3.63) is 63.7 Å². The third-order valence-electron chi connectivity index (χ3n) is 4.56. The van der Waals surface area contributed by atoms with Crippen molar-refractivity contribution in [2.45, 2.75) is 34.6 Å². The van der Waals surface area contributed by atoms with Crippen molar-refractivity contribution in [2.75, 3.05) is 10.6 Å². The molecule has 2 amide bonds. The number of carbonyl (C=O) groups excluding carboxylic acids is 2. The van der Waals surface area contributed by atoms with E-state index in [0.717, 1.165) is 5.56 Å². The van der Waals surface area contributed by atoms with Crippen molar-refractivity contribution in [2.24, 2.45) is 5.41 Å². The van der Waals surface area contributed by atoms with E-state index in [-0.39, 0.29) is 17.4 Å². The van der Waals surface area contributed by atoms with E-state index in [2.05, 4.69) is 25.9 Å². The van der Waals surface area contributed by atoms with E-state index < -0.39 is 5.41 Å². The van der Waals surface area contributed by atoms with Crippen molar-refractivity contribution in [3.63, 3.8) is 0 Å². The molecule has 0 fully saturated rings. The molecule has 0 radical (unpaired) electrons. The molecule has 9 nitrogen and oxygen atoms in total. The van der Waals surface area contributed by atoms with E-state index in [9.17, 15) is 14.4 Å². The zero-order valence-corrected chi connectivity index (χ0v) is 17.5. The van der Waals surface area contributed by atoms with Gasteiger partial charge in [-0.1, -0.05) is 26.8 Å². The van der Waals surface area contributed by atoms with Gasteiger partial charge in [0.25, 0.3) is 11.5 Å². The van der Waals surface area contributed by atoms with Crippen molar-refractivity contribution >= 4 is 23.2 Å². The monoisotopic (exact) mass is 408 g/mol. The topological polar surface area (TPSA) is 122 Å². The van der Waals surface area contributed by atoms with Gasteiger partial charge < -0.3 is 10.6 Å². The van der Waals surface area contributed by atoms with Crippen molar-refractivity contribution in [3.8, 4) is 5.82 Å². The second kappa shape index (κ2) is 7.94. The lowest BCUT2D eigenvalue weighted by Crippen LogP contribution is -2.27. The third kappa shape index (κ3) is 4.45. The fourth-order valence-corrected chi connectivity index (χ4v) is 2.66. The minimum absolute atomic E-state index is 0.117. The lowest BCUT2D eigenvalue weighted by molar-refractivity contribution is -0.123. The van der Waals surface area contributed by atoms with Crippen molar-refractivity contribution in [1.82, 2.24) is 20.0 Å². The number of H-pyrrole nitrogens is 1. The predicted octanol–water partition coefficient (Wildman–Crippen LogP) is 2.81. The number of nitrogens with one attached hydrogen (secondary N) is 3. The Morgan fingerprint density at radius 2 is 1.80 bits per heavy atom. The van der Waals surface area contributed by atoms with Gasteiger partial charge in [-0.05, 0) is 37.6 Å². The first-order chi connectivity index (χ1) is 14.1. The van der Waals surface area contributed by atoms with Crippen molar-refractivity contribution < 1.29 is 9.59 Å². The van der Waals surface area contributed by atoms with Crippen LogP contribution in [-0.2, 0) is 4.79 Å². The van der Waals surface area contributed by atoms with E-state index in [4.69, 9.17) is 0 Å². The third-order valence-corrected chi connectivity index (χ3v) is 4.56. The minimum atomic E-state index is -0.532. The van der Waals surface area contributed by atoms with E-state index in [1.165, 1.54) is 23.0 Å². The molecular formula is C21H24N6O3. The molecule has 0 bridgehead atoms. The summed E-state index contributed by atoms with van der Waals surface area (Å²) in [5.74, 6) is -0.0612. The molecule has 0 saturated carbocycles. The summed E-state index contributed by atoms with van der Waals surface area (Å²) in [6, 6.07) is 8.20. The zero-order chi connectivity index (χ0) is 22.1. The normalized spacial score (nSPS) is 11.2. The van der Waals surface area contributed by atoms with Gasteiger partial charge >= 0.3 is 0 Å². The Bertz CT molecular complexity index is 1150. The molecule has 3 N–H and O–H groups in total. The Hall–Kier alpha value is -3.75. The molecule has 3 aromatic rings. The van der Waals surface area contributed by atoms with E-state index >= 15 is 0 Å². The molecule has 0 saturated heterocycles. The van der Waals surface area contributed by atoms with Crippen LogP contribution < -0.4 is 16.2 Å². The van der Waals surface area contributed by atoms with E-state index in [0.29, 0.717) is 28.5 Å². The van der Waals surface area contributed by atoms with E-state index in [1.54, 1.807) is 19.1 Å². The summed E-state index contributed by atoms with van der Waals surface area (Å²) >= 11 is 0. The molecule has 156 valence electrons. The van der Waals surface area contributed by atoms with E-state index in [1.807, 2.05) is 33.8 Å². The lowest BCUT2D eigenvalue weighted by Gasteiger charge is -2.18. The van der Waals surface area contributed by atoms with Crippen molar-refractivity contribution in [1.29, 1.82) is 0 Å². The van der Waals surface area contributed by atoms with Crippen LogP contribution in [0.2, 0.25) is 0 Å². The number of hydrogen-bond acceptors (Lipinski definition) is 5. The summed E-state index contributed by atoms with van der Waals surface area (Å²) in [4.78, 5) is 36.3. The molecule has 0 spiro atoms.